The Morgan fingerprint density at radius 1 is 1.23 bits per heavy atom. The van der Waals surface area contributed by atoms with Gasteiger partial charge in [-0.2, -0.15) is 0 Å². The van der Waals surface area contributed by atoms with Gasteiger partial charge < -0.3 is 4.90 Å². The second-order valence-electron chi connectivity index (χ2n) is 8.91. The van der Waals surface area contributed by atoms with Gasteiger partial charge in [0.05, 0.1) is 18.2 Å². The van der Waals surface area contributed by atoms with E-state index >= 15 is 0 Å². The molecule has 144 valence electrons. The van der Waals surface area contributed by atoms with E-state index in [1.807, 2.05) is 18.8 Å². The molecule has 4 atom stereocenters. The Balaban J connectivity index is 1.33. The highest BCUT2D eigenvalue weighted by Gasteiger charge is 2.43. The van der Waals surface area contributed by atoms with Crippen LogP contribution >= 0.6 is 0 Å². The largest absolute Gasteiger partial charge is 0.349 e. The van der Waals surface area contributed by atoms with Crippen molar-refractivity contribution in [1.29, 1.82) is 0 Å². The fourth-order valence-corrected chi connectivity index (χ4v) is 5.36. The molecule has 0 spiro atoms. The summed E-state index contributed by atoms with van der Waals surface area (Å²) in [5.74, 6) is 1.83. The van der Waals surface area contributed by atoms with Crippen LogP contribution in [0.3, 0.4) is 0 Å². The van der Waals surface area contributed by atoms with Crippen molar-refractivity contribution in [2.75, 3.05) is 27.2 Å². The number of fused-ring (bicyclic) bond motifs is 3. The molecule has 0 aromatic carbocycles. The molecule has 1 aliphatic carbocycles. The number of piperidine rings is 3. The molecular formula is C20H33N5O. The Bertz CT molecular complexity index is 621. The fraction of sp³-hybridized carbons (Fsp3) is 0.850. The van der Waals surface area contributed by atoms with Crippen molar-refractivity contribution < 1.29 is 4.79 Å². The predicted molar refractivity (Wildman–Crippen MR) is 101 cm³/mol. The molecule has 26 heavy (non-hydrogen) atoms. The van der Waals surface area contributed by atoms with Gasteiger partial charge in [-0.05, 0) is 37.6 Å². The highest BCUT2D eigenvalue weighted by atomic mass is 16.2. The van der Waals surface area contributed by atoms with Crippen molar-refractivity contribution in [3.05, 3.63) is 11.9 Å². The van der Waals surface area contributed by atoms with Crippen LogP contribution in [0.25, 0.3) is 0 Å². The van der Waals surface area contributed by atoms with Crippen LogP contribution in [0.1, 0.15) is 50.6 Å². The summed E-state index contributed by atoms with van der Waals surface area (Å²) < 4.78 is 2.05. The zero-order valence-electron chi connectivity index (χ0n) is 16.3. The van der Waals surface area contributed by atoms with E-state index in [9.17, 15) is 4.79 Å². The Morgan fingerprint density at radius 2 is 2.04 bits per heavy atom. The van der Waals surface area contributed by atoms with Crippen LogP contribution in [-0.2, 0) is 17.8 Å². The first-order valence-corrected chi connectivity index (χ1v) is 10.4. The maximum Gasteiger partial charge on any atom is 0.226 e. The zero-order chi connectivity index (χ0) is 18.1. The summed E-state index contributed by atoms with van der Waals surface area (Å²) >= 11 is 0. The maximum atomic E-state index is 12.4. The molecule has 5 rings (SSSR count). The monoisotopic (exact) mass is 359 g/mol. The number of carbonyl (C=O) groups is 1. The Labute approximate surface area is 156 Å². The maximum absolute atomic E-state index is 12.4. The lowest BCUT2D eigenvalue weighted by Gasteiger charge is -2.49. The van der Waals surface area contributed by atoms with E-state index in [2.05, 4.69) is 21.4 Å². The van der Waals surface area contributed by atoms with Gasteiger partial charge in [-0.25, -0.2) is 0 Å². The summed E-state index contributed by atoms with van der Waals surface area (Å²) in [4.78, 5) is 16.7. The SMILES string of the molecule is CN(C)C(=O)[C@H]1CN2CC[C@@H]1C[C@@H]2Cn1cc(CC2CCCCC2)nn1. The van der Waals surface area contributed by atoms with Crippen LogP contribution in [0.5, 0.6) is 0 Å². The third-order valence-corrected chi connectivity index (χ3v) is 6.84. The van der Waals surface area contributed by atoms with Gasteiger partial charge >= 0.3 is 0 Å². The molecule has 4 heterocycles. The molecule has 6 nitrogen and oxygen atoms in total. The summed E-state index contributed by atoms with van der Waals surface area (Å²) in [5, 5.41) is 8.84. The van der Waals surface area contributed by atoms with E-state index < -0.39 is 0 Å². The van der Waals surface area contributed by atoms with Crippen molar-refractivity contribution in [1.82, 2.24) is 24.8 Å². The summed E-state index contributed by atoms with van der Waals surface area (Å²) in [5.41, 5.74) is 1.16. The van der Waals surface area contributed by atoms with Crippen molar-refractivity contribution in [2.24, 2.45) is 17.8 Å². The Morgan fingerprint density at radius 3 is 2.73 bits per heavy atom. The molecule has 1 unspecified atom stereocenters. The van der Waals surface area contributed by atoms with Gasteiger partial charge in [0.15, 0.2) is 0 Å². The summed E-state index contributed by atoms with van der Waals surface area (Å²) in [6.45, 7) is 2.95. The molecule has 4 aliphatic rings. The van der Waals surface area contributed by atoms with Crippen molar-refractivity contribution in [3.63, 3.8) is 0 Å². The first-order chi connectivity index (χ1) is 12.6. The summed E-state index contributed by atoms with van der Waals surface area (Å²) in [6, 6.07) is 0.504. The van der Waals surface area contributed by atoms with Gasteiger partial charge in [0.2, 0.25) is 5.91 Å². The highest BCUT2D eigenvalue weighted by Crippen LogP contribution is 2.37. The van der Waals surface area contributed by atoms with Crippen LogP contribution in [0.4, 0.5) is 0 Å². The number of aromatic nitrogens is 3. The van der Waals surface area contributed by atoms with Gasteiger partial charge in [-0.3, -0.25) is 14.4 Å². The second kappa shape index (κ2) is 7.67. The summed E-state index contributed by atoms with van der Waals surface area (Å²) in [6.07, 6.45) is 12.4. The predicted octanol–water partition coefficient (Wildman–Crippen LogP) is 2.20. The van der Waals surface area contributed by atoms with Gasteiger partial charge in [0.1, 0.15) is 0 Å². The average Bonchev–Trinajstić information content (AvgIpc) is 3.09. The topological polar surface area (TPSA) is 54.3 Å². The Hall–Kier alpha value is -1.43. The minimum atomic E-state index is 0.188. The number of nitrogens with zero attached hydrogens (tertiary/aromatic N) is 5. The minimum absolute atomic E-state index is 0.188. The molecule has 4 fully saturated rings. The van der Waals surface area contributed by atoms with Crippen LogP contribution in [0.2, 0.25) is 0 Å². The van der Waals surface area contributed by atoms with Gasteiger partial charge in [-0.1, -0.05) is 37.3 Å². The Kier molecular flexibility index (Phi) is 5.30. The van der Waals surface area contributed by atoms with Crippen molar-refractivity contribution in [3.8, 4) is 0 Å². The van der Waals surface area contributed by atoms with E-state index in [4.69, 9.17) is 0 Å². The zero-order valence-corrected chi connectivity index (χ0v) is 16.3. The molecule has 1 saturated carbocycles. The summed E-state index contributed by atoms with van der Waals surface area (Å²) in [7, 11) is 3.75. The van der Waals surface area contributed by atoms with E-state index in [0.717, 1.165) is 50.5 Å². The third-order valence-electron chi connectivity index (χ3n) is 6.84. The number of hydrogen-bond acceptors (Lipinski definition) is 4. The molecule has 3 aliphatic heterocycles. The number of carbonyl (C=O) groups excluding carboxylic acids is 1. The normalized spacial score (nSPS) is 31.9. The highest BCUT2D eigenvalue weighted by molar-refractivity contribution is 5.79. The lowest BCUT2D eigenvalue weighted by Crippen LogP contribution is -2.57. The lowest BCUT2D eigenvalue weighted by atomic mass is 9.75. The van der Waals surface area contributed by atoms with E-state index in [-0.39, 0.29) is 5.92 Å². The molecule has 3 saturated heterocycles. The lowest BCUT2D eigenvalue weighted by molar-refractivity contribution is -0.141. The van der Waals surface area contributed by atoms with E-state index in [1.165, 1.54) is 32.1 Å². The molecule has 6 heteroatoms. The quantitative estimate of drug-likeness (QED) is 0.809. The molecule has 2 bridgehead atoms. The van der Waals surface area contributed by atoms with Gasteiger partial charge in [-0.15, -0.1) is 5.10 Å². The van der Waals surface area contributed by atoms with Crippen LogP contribution in [0, 0.1) is 17.8 Å². The molecule has 1 aromatic rings. The van der Waals surface area contributed by atoms with E-state index in [1.54, 1.807) is 4.90 Å². The molecule has 1 amide bonds. The fourth-order valence-electron chi connectivity index (χ4n) is 5.36. The van der Waals surface area contributed by atoms with E-state index in [0.29, 0.717) is 17.9 Å². The first-order valence-electron chi connectivity index (χ1n) is 10.4. The van der Waals surface area contributed by atoms with Crippen LogP contribution < -0.4 is 0 Å². The molecule has 1 aromatic heterocycles. The van der Waals surface area contributed by atoms with Crippen LogP contribution in [-0.4, -0.2) is 63.9 Å². The molecular weight excluding hydrogens is 326 g/mol. The van der Waals surface area contributed by atoms with Crippen molar-refractivity contribution >= 4 is 5.91 Å². The standard InChI is InChI=1S/C20H33N5O/c1-23(2)20(26)19-14-24-9-8-16(19)11-18(24)13-25-12-17(21-22-25)10-15-6-4-3-5-7-15/h12,15-16,18-19H,3-11,13-14H2,1-2H3/t16-,18-,19+/m1/s1. The van der Waals surface area contributed by atoms with Gasteiger partial charge in [0.25, 0.3) is 0 Å². The number of amides is 1. The smallest absolute Gasteiger partial charge is 0.226 e. The van der Waals surface area contributed by atoms with Crippen LogP contribution in [0.15, 0.2) is 6.20 Å². The minimum Gasteiger partial charge on any atom is -0.349 e. The average molecular weight is 360 g/mol. The third kappa shape index (κ3) is 3.80. The number of hydrogen-bond donors (Lipinski definition) is 0. The second-order valence-corrected chi connectivity index (χ2v) is 8.91. The number of rotatable bonds is 5. The first kappa shape index (κ1) is 18.0. The molecule has 0 radical (unpaired) electrons. The van der Waals surface area contributed by atoms with Crippen molar-refractivity contribution in [2.45, 2.75) is 64.0 Å². The molecule has 0 N–H and O–H groups in total. The van der Waals surface area contributed by atoms with Gasteiger partial charge in [0, 0.05) is 32.9 Å².